The van der Waals surface area contributed by atoms with E-state index in [4.69, 9.17) is 9.47 Å². The van der Waals surface area contributed by atoms with E-state index in [1.807, 2.05) is 19.1 Å². The molecule has 4 rings (SSSR count). The molecular formula is C36H51N5O8. The summed E-state index contributed by atoms with van der Waals surface area (Å²) in [5.41, 5.74) is 2.59. The van der Waals surface area contributed by atoms with Crippen molar-refractivity contribution in [3.8, 4) is 0 Å². The molecule has 13 nitrogen and oxygen atoms in total. The van der Waals surface area contributed by atoms with Gasteiger partial charge in [-0.2, -0.15) is 0 Å². The van der Waals surface area contributed by atoms with Crippen molar-refractivity contribution in [2.24, 2.45) is 5.41 Å². The Morgan fingerprint density at radius 3 is 2.53 bits per heavy atom. The number of ether oxygens (including phenoxy) is 2. The lowest BCUT2D eigenvalue weighted by Crippen LogP contribution is -2.59. The van der Waals surface area contributed by atoms with E-state index in [1.165, 1.54) is 16.5 Å². The molecule has 3 heterocycles. The van der Waals surface area contributed by atoms with Gasteiger partial charge in [-0.25, -0.2) is 9.59 Å². The maximum atomic E-state index is 14.3. The van der Waals surface area contributed by atoms with Gasteiger partial charge in [0.25, 0.3) is 5.91 Å². The van der Waals surface area contributed by atoms with Crippen LogP contribution in [0.1, 0.15) is 89.3 Å². The summed E-state index contributed by atoms with van der Waals surface area (Å²) in [5, 5.41) is 7.83. The van der Waals surface area contributed by atoms with Crippen molar-refractivity contribution in [2.75, 3.05) is 19.7 Å². The van der Waals surface area contributed by atoms with E-state index in [0.29, 0.717) is 25.9 Å². The molecule has 0 spiro atoms. The number of hydrogen-bond acceptors (Lipinski definition) is 8. The van der Waals surface area contributed by atoms with E-state index in [-0.39, 0.29) is 32.5 Å². The molecule has 3 N–H and O–H groups in total. The summed E-state index contributed by atoms with van der Waals surface area (Å²) in [4.78, 5) is 83.0. The molecule has 1 fully saturated rings. The summed E-state index contributed by atoms with van der Waals surface area (Å²) in [6, 6.07) is 2.74. The SMILES string of the molecule is C=CCNC(=O)C(=O)[C@H](CCC)NC(=O)[C@@H]1C[C@@H]2CN1C(=O)[C@H](C(C)(C)C)NC(=O)OCCCCCCc1cccc3c1CN(C3)C(=O)O2. The van der Waals surface area contributed by atoms with Gasteiger partial charge in [0.2, 0.25) is 17.6 Å². The fourth-order valence-corrected chi connectivity index (χ4v) is 6.59. The highest BCUT2D eigenvalue weighted by molar-refractivity contribution is 6.38. The second-order valence-corrected chi connectivity index (χ2v) is 14.1. The Balaban J connectivity index is 1.61. The van der Waals surface area contributed by atoms with Crippen LogP contribution >= 0.6 is 0 Å². The van der Waals surface area contributed by atoms with Gasteiger partial charge in [0.05, 0.1) is 19.2 Å². The fourth-order valence-electron chi connectivity index (χ4n) is 6.59. The van der Waals surface area contributed by atoms with Crippen LogP contribution < -0.4 is 16.0 Å². The highest BCUT2D eigenvalue weighted by Crippen LogP contribution is 2.31. The number of carbonyl (C=O) groups excluding carboxylic acids is 6. The number of amides is 5. The molecule has 49 heavy (non-hydrogen) atoms. The lowest BCUT2D eigenvalue weighted by molar-refractivity contribution is -0.144. The van der Waals surface area contributed by atoms with Gasteiger partial charge in [-0.3, -0.25) is 24.1 Å². The van der Waals surface area contributed by atoms with Gasteiger partial charge >= 0.3 is 12.2 Å². The molecule has 0 aliphatic carbocycles. The van der Waals surface area contributed by atoms with Gasteiger partial charge in [0, 0.05) is 26.1 Å². The summed E-state index contributed by atoms with van der Waals surface area (Å²) < 4.78 is 11.4. The standard InChI is InChI=1S/C36H51N5O8/c1-6-13-27(29(42)32(44)37-17-7-2)38-31(43)28-19-25-21-41(28)33(45)30(36(3,4)5)39-34(46)48-18-11-9-8-10-14-23-15-12-16-24-20-40(22-26(23)24)35(47)49-25/h7,12,15-16,25,27-28,30H,2,6,8-11,13-14,17-22H2,1,3-5H3,(H,37,44)(H,38,43)(H,39,46)/t25-,27+,28+,30-/m1/s1. The lowest BCUT2D eigenvalue weighted by Gasteiger charge is -2.35. The molecular weight excluding hydrogens is 630 g/mol. The molecule has 3 aliphatic heterocycles. The Labute approximate surface area is 288 Å². The zero-order valence-electron chi connectivity index (χ0n) is 29.2. The van der Waals surface area contributed by atoms with Crippen LogP contribution in [0.3, 0.4) is 0 Å². The third kappa shape index (κ3) is 9.60. The summed E-state index contributed by atoms with van der Waals surface area (Å²) in [6.07, 6.45) is 4.28. The average molecular weight is 682 g/mol. The Bertz CT molecular complexity index is 1420. The minimum atomic E-state index is -1.15. The predicted octanol–water partition coefficient (Wildman–Crippen LogP) is 3.52. The molecule has 5 amide bonds. The van der Waals surface area contributed by atoms with Gasteiger partial charge in [-0.15, -0.1) is 6.58 Å². The van der Waals surface area contributed by atoms with Crippen molar-refractivity contribution >= 4 is 35.7 Å². The smallest absolute Gasteiger partial charge is 0.410 e. The number of cyclic esters (lactones) is 1. The van der Waals surface area contributed by atoms with Crippen molar-refractivity contribution in [1.82, 2.24) is 25.8 Å². The first-order valence-corrected chi connectivity index (χ1v) is 17.4. The Kier molecular flexibility index (Phi) is 12.8. The number of alkyl carbamates (subject to hydrolysis) is 1. The lowest BCUT2D eigenvalue weighted by atomic mass is 9.85. The van der Waals surface area contributed by atoms with Gasteiger partial charge in [0.1, 0.15) is 18.2 Å². The third-order valence-corrected chi connectivity index (χ3v) is 9.24. The Morgan fingerprint density at radius 2 is 1.82 bits per heavy atom. The van der Waals surface area contributed by atoms with Crippen molar-refractivity contribution in [3.63, 3.8) is 0 Å². The maximum absolute atomic E-state index is 14.3. The number of carbonyl (C=O) groups is 6. The molecule has 4 atom stereocenters. The highest BCUT2D eigenvalue weighted by Gasteiger charge is 2.47. The van der Waals surface area contributed by atoms with E-state index in [9.17, 15) is 28.8 Å². The molecule has 1 aromatic carbocycles. The maximum Gasteiger partial charge on any atom is 0.410 e. The number of hydrogen-bond donors (Lipinski definition) is 3. The predicted molar refractivity (Wildman–Crippen MR) is 181 cm³/mol. The Hall–Kier alpha value is -4.42. The zero-order chi connectivity index (χ0) is 35.7. The number of nitrogens with one attached hydrogen (secondary N) is 3. The highest BCUT2D eigenvalue weighted by atomic mass is 16.6. The molecule has 4 bridgehead atoms. The van der Waals surface area contributed by atoms with E-state index >= 15 is 0 Å². The number of Topliss-reactive ketones (excluding diaryl/α,β-unsaturated/α-hetero) is 1. The normalized spacial score (nSPS) is 22.7. The van der Waals surface area contributed by atoms with Crippen LogP contribution in [0.5, 0.6) is 0 Å². The van der Waals surface area contributed by atoms with Gasteiger partial charge in [0.15, 0.2) is 0 Å². The molecule has 268 valence electrons. The summed E-state index contributed by atoms with van der Waals surface area (Å²) >= 11 is 0. The van der Waals surface area contributed by atoms with E-state index in [1.54, 1.807) is 25.7 Å². The number of rotatable bonds is 8. The fraction of sp³-hybridized carbons (Fsp3) is 0.611. The number of ketones is 1. The summed E-state index contributed by atoms with van der Waals surface area (Å²) in [5.74, 6) is -2.89. The first kappa shape index (κ1) is 37.4. The first-order valence-electron chi connectivity index (χ1n) is 17.4. The van der Waals surface area contributed by atoms with E-state index in [0.717, 1.165) is 36.8 Å². The van der Waals surface area contributed by atoms with Crippen molar-refractivity contribution in [3.05, 3.63) is 47.5 Å². The Morgan fingerprint density at radius 1 is 1.08 bits per heavy atom. The second-order valence-electron chi connectivity index (χ2n) is 14.1. The van der Waals surface area contributed by atoms with E-state index < -0.39 is 65.3 Å². The van der Waals surface area contributed by atoms with Crippen molar-refractivity contribution < 1.29 is 38.2 Å². The molecule has 0 radical (unpaired) electrons. The quantitative estimate of drug-likeness (QED) is 0.277. The van der Waals surface area contributed by atoms with Crippen LogP contribution in [0.15, 0.2) is 30.9 Å². The first-order chi connectivity index (χ1) is 23.3. The number of fused-ring (bicyclic) bond motifs is 3. The number of benzene rings is 1. The van der Waals surface area contributed by atoms with Crippen LogP contribution in [0.4, 0.5) is 9.59 Å². The number of aryl methyl sites for hydroxylation is 1. The van der Waals surface area contributed by atoms with Gasteiger partial charge in [-0.1, -0.05) is 71.2 Å². The molecule has 13 heteroatoms. The third-order valence-electron chi connectivity index (χ3n) is 9.24. The molecule has 1 saturated heterocycles. The zero-order valence-corrected chi connectivity index (χ0v) is 29.2. The van der Waals surface area contributed by atoms with Crippen LogP contribution in [-0.4, -0.2) is 89.4 Å². The van der Waals surface area contributed by atoms with Gasteiger partial charge < -0.3 is 30.3 Å². The van der Waals surface area contributed by atoms with Gasteiger partial charge in [-0.05, 0) is 47.8 Å². The molecule has 0 saturated carbocycles. The van der Waals surface area contributed by atoms with E-state index in [2.05, 4.69) is 28.6 Å². The molecule has 3 aliphatic rings. The minimum absolute atomic E-state index is 0.0354. The second kappa shape index (κ2) is 16.8. The topological polar surface area (TPSA) is 163 Å². The summed E-state index contributed by atoms with van der Waals surface area (Å²) in [7, 11) is 0. The van der Waals surface area contributed by atoms with Crippen LogP contribution in [0, 0.1) is 5.41 Å². The molecule has 1 aromatic rings. The monoisotopic (exact) mass is 681 g/mol. The van der Waals surface area contributed by atoms with Crippen LogP contribution in [0.25, 0.3) is 0 Å². The van der Waals surface area contributed by atoms with Crippen molar-refractivity contribution in [1.29, 1.82) is 0 Å². The van der Waals surface area contributed by atoms with Crippen LogP contribution in [-0.2, 0) is 48.2 Å². The molecule has 0 unspecified atom stereocenters. The number of nitrogens with zero attached hydrogens (tertiary/aromatic N) is 2. The minimum Gasteiger partial charge on any atom is -0.450 e. The largest absolute Gasteiger partial charge is 0.450 e. The summed E-state index contributed by atoms with van der Waals surface area (Å²) in [6.45, 7) is 11.7. The van der Waals surface area contributed by atoms with Crippen LogP contribution in [0.2, 0.25) is 0 Å². The average Bonchev–Trinajstić information content (AvgIpc) is 3.69. The molecule has 0 aromatic heterocycles. The van der Waals surface area contributed by atoms with Crippen molar-refractivity contribution in [2.45, 2.75) is 116 Å².